The first-order valence-corrected chi connectivity index (χ1v) is 14.1. The Kier molecular flexibility index (Phi) is 7.17. The third kappa shape index (κ3) is 5.20. The van der Waals surface area contributed by atoms with Gasteiger partial charge in [0.1, 0.15) is 5.58 Å². The molecule has 0 unspecified atom stereocenters. The van der Waals surface area contributed by atoms with Gasteiger partial charge in [0.15, 0.2) is 5.76 Å². The van der Waals surface area contributed by atoms with Crippen LogP contribution in [0.5, 0.6) is 0 Å². The van der Waals surface area contributed by atoms with Crippen molar-refractivity contribution in [3.05, 3.63) is 135 Å². The summed E-state index contributed by atoms with van der Waals surface area (Å²) in [5.41, 5.74) is 9.32. The standard InChI is InChI=1S/C32H21BrIN3O2/c33-25-16-23-18-29(39-31(23)27(34)19-25)32(38)36-35-20-24-17-28(21-10-4-1-5-11-21)37(26-14-8-3-9-15-26)30(24)22-12-6-2-7-13-22/h1-20H,(H,36,38)/b35-20+. The first-order valence-electron chi connectivity index (χ1n) is 12.2. The summed E-state index contributed by atoms with van der Waals surface area (Å²) in [7, 11) is 0. The minimum absolute atomic E-state index is 0.202. The van der Waals surface area contributed by atoms with Crippen LogP contribution in [-0.2, 0) is 0 Å². The lowest BCUT2D eigenvalue weighted by Gasteiger charge is -2.15. The quantitative estimate of drug-likeness (QED) is 0.108. The van der Waals surface area contributed by atoms with Crippen LogP contribution in [0.15, 0.2) is 129 Å². The van der Waals surface area contributed by atoms with Gasteiger partial charge < -0.3 is 8.98 Å². The maximum atomic E-state index is 12.9. The third-order valence-corrected chi connectivity index (χ3v) is 7.55. The van der Waals surface area contributed by atoms with Gasteiger partial charge in [-0.15, -0.1) is 0 Å². The van der Waals surface area contributed by atoms with Gasteiger partial charge in [-0.05, 0) is 70.1 Å². The molecule has 0 bridgehead atoms. The molecular weight excluding hydrogens is 665 g/mol. The van der Waals surface area contributed by atoms with Crippen LogP contribution in [0.1, 0.15) is 16.1 Å². The molecular formula is C32H21BrIN3O2. The smallest absolute Gasteiger partial charge is 0.307 e. The molecule has 6 aromatic rings. The van der Waals surface area contributed by atoms with E-state index in [0.29, 0.717) is 5.58 Å². The Morgan fingerprint density at radius 1 is 0.846 bits per heavy atom. The van der Waals surface area contributed by atoms with Crippen molar-refractivity contribution in [3.8, 4) is 28.2 Å². The molecule has 0 spiro atoms. The SMILES string of the molecule is O=C(N/N=C/c1cc(-c2ccccc2)n(-c2ccccc2)c1-c1ccccc1)c1cc2cc(Br)cc(I)c2o1. The van der Waals surface area contributed by atoms with Crippen molar-refractivity contribution in [1.82, 2.24) is 9.99 Å². The van der Waals surface area contributed by atoms with Gasteiger partial charge in [0.2, 0.25) is 0 Å². The summed E-state index contributed by atoms with van der Waals surface area (Å²) >= 11 is 5.69. The summed E-state index contributed by atoms with van der Waals surface area (Å²) in [6.45, 7) is 0. The molecule has 2 heterocycles. The summed E-state index contributed by atoms with van der Waals surface area (Å²) in [6.07, 6.45) is 1.69. The first kappa shape index (κ1) is 25.3. The Morgan fingerprint density at radius 2 is 1.49 bits per heavy atom. The van der Waals surface area contributed by atoms with Crippen LogP contribution in [0.4, 0.5) is 0 Å². The molecule has 7 heteroatoms. The molecule has 0 atom stereocenters. The molecule has 0 saturated carbocycles. The monoisotopic (exact) mass is 685 g/mol. The van der Waals surface area contributed by atoms with Gasteiger partial charge in [-0.25, -0.2) is 5.43 Å². The summed E-state index contributed by atoms with van der Waals surface area (Å²) in [6, 6.07) is 38.4. The van der Waals surface area contributed by atoms with Crippen molar-refractivity contribution in [1.29, 1.82) is 0 Å². The molecule has 0 radical (unpaired) electrons. The zero-order chi connectivity index (χ0) is 26.8. The number of halogens is 2. The molecule has 0 saturated heterocycles. The van der Waals surface area contributed by atoms with Crippen molar-refractivity contribution in [2.24, 2.45) is 5.10 Å². The van der Waals surface area contributed by atoms with Crippen molar-refractivity contribution in [2.75, 3.05) is 0 Å². The molecule has 6 rings (SSSR count). The van der Waals surface area contributed by atoms with E-state index in [-0.39, 0.29) is 5.76 Å². The van der Waals surface area contributed by atoms with Crippen molar-refractivity contribution in [3.63, 3.8) is 0 Å². The van der Waals surface area contributed by atoms with Gasteiger partial charge in [-0.1, -0.05) is 94.8 Å². The van der Waals surface area contributed by atoms with Crippen LogP contribution in [0.25, 0.3) is 39.2 Å². The highest BCUT2D eigenvalue weighted by molar-refractivity contribution is 14.1. The van der Waals surface area contributed by atoms with Crippen molar-refractivity contribution >= 4 is 61.6 Å². The number of aromatic nitrogens is 1. The summed E-state index contributed by atoms with van der Waals surface area (Å²) in [5.74, 6) is -0.213. The second kappa shape index (κ2) is 11.0. The topological polar surface area (TPSA) is 59.5 Å². The maximum Gasteiger partial charge on any atom is 0.307 e. The van der Waals surface area contributed by atoms with Gasteiger partial charge in [0, 0.05) is 21.1 Å². The molecule has 0 fully saturated rings. The third-order valence-electron chi connectivity index (χ3n) is 6.29. The highest BCUT2D eigenvalue weighted by atomic mass is 127. The van der Waals surface area contributed by atoms with Crippen LogP contribution in [0.2, 0.25) is 0 Å². The number of rotatable bonds is 6. The molecule has 0 aliphatic rings. The van der Waals surface area contributed by atoms with Gasteiger partial charge in [-0.3, -0.25) is 4.79 Å². The fourth-order valence-corrected chi connectivity index (χ4v) is 6.25. The van der Waals surface area contributed by atoms with Gasteiger partial charge in [-0.2, -0.15) is 5.10 Å². The average molecular weight is 686 g/mol. The number of carbonyl (C=O) groups excluding carboxylic acids is 1. The van der Waals surface area contributed by atoms with Crippen molar-refractivity contribution in [2.45, 2.75) is 0 Å². The number of carbonyl (C=O) groups is 1. The van der Waals surface area contributed by atoms with E-state index in [1.807, 2.05) is 66.7 Å². The number of hydrazone groups is 1. The molecule has 0 aliphatic heterocycles. The number of furan rings is 1. The molecule has 5 nitrogen and oxygen atoms in total. The van der Waals surface area contributed by atoms with E-state index in [9.17, 15) is 4.79 Å². The van der Waals surface area contributed by atoms with Gasteiger partial charge >= 0.3 is 5.91 Å². The number of hydrogen-bond donors (Lipinski definition) is 1. The molecule has 39 heavy (non-hydrogen) atoms. The highest BCUT2D eigenvalue weighted by Gasteiger charge is 2.19. The molecule has 4 aromatic carbocycles. The second-order valence-electron chi connectivity index (χ2n) is 8.85. The van der Waals surface area contributed by atoms with E-state index in [1.165, 1.54) is 0 Å². The van der Waals surface area contributed by atoms with Gasteiger partial charge in [0.25, 0.3) is 0 Å². The predicted octanol–water partition coefficient (Wildman–Crippen LogP) is 8.69. The van der Waals surface area contributed by atoms with E-state index in [4.69, 9.17) is 4.42 Å². The number of amides is 1. The van der Waals surface area contributed by atoms with Crippen molar-refractivity contribution < 1.29 is 9.21 Å². The van der Waals surface area contributed by atoms with Crippen LogP contribution in [0, 0.1) is 3.57 Å². The number of nitrogens with one attached hydrogen (secondary N) is 1. The fraction of sp³-hybridized carbons (Fsp3) is 0. The van der Waals surface area contributed by atoms with E-state index >= 15 is 0 Å². The fourth-order valence-electron chi connectivity index (χ4n) is 4.59. The maximum absolute atomic E-state index is 12.9. The van der Waals surface area contributed by atoms with Crippen LogP contribution < -0.4 is 5.43 Å². The normalized spacial score (nSPS) is 11.3. The molecule has 1 amide bonds. The molecule has 190 valence electrons. The van der Waals surface area contributed by atoms with E-state index < -0.39 is 5.91 Å². The Morgan fingerprint density at radius 3 is 2.18 bits per heavy atom. The zero-order valence-corrected chi connectivity index (χ0v) is 24.3. The largest absolute Gasteiger partial charge is 0.450 e. The van der Waals surface area contributed by atoms with E-state index in [0.717, 1.165) is 47.2 Å². The minimum atomic E-state index is -0.415. The second-order valence-corrected chi connectivity index (χ2v) is 10.9. The Balaban J connectivity index is 1.42. The Hall–Kier alpha value is -3.95. The lowest BCUT2D eigenvalue weighted by molar-refractivity contribution is 0.0929. The molecule has 2 aromatic heterocycles. The Labute approximate surface area is 247 Å². The van der Waals surface area contributed by atoms with E-state index in [2.05, 4.69) is 96.1 Å². The number of para-hydroxylation sites is 1. The molecule has 1 N–H and O–H groups in total. The van der Waals surface area contributed by atoms with Crippen LogP contribution in [0.3, 0.4) is 0 Å². The first-order chi connectivity index (χ1) is 19.1. The van der Waals surface area contributed by atoms with Gasteiger partial charge in [0.05, 0.1) is 21.2 Å². The summed E-state index contributed by atoms with van der Waals surface area (Å²) < 4.78 is 9.91. The lowest BCUT2D eigenvalue weighted by Crippen LogP contribution is -2.16. The summed E-state index contributed by atoms with van der Waals surface area (Å²) in [5, 5.41) is 5.20. The number of benzene rings is 4. The Bertz CT molecular complexity index is 1810. The predicted molar refractivity (Wildman–Crippen MR) is 168 cm³/mol. The highest BCUT2D eigenvalue weighted by Crippen LogP contribution is 2.35. The summed E-state index contributed by atoms with van der Waals surface area (Å²) in [4.78, 5) is 12.9. The lowest BCUT2D eigenvalue weighted by atomic mass is 10.1. The van der Waals surface area contributed by atoms with Crippen LogP contribution >= 0.6 is 38.5 Å². The molecule has 0 aliphatic carbocycles. The number of nitrogens with zero attached hydrogens (tertiary/aromatic N) is 2. The zero-order valence-electron chi connectivity index (χ0n) is 20.5. The van der Waals surface area contributed by atoms with Crippen LogP contribution in [-0.4, -0.2) is 16.7 Å². The van der Waals surface area contributed by atoms with E-state index in [1.54, 1.807) is 12.3 Å². The number of hydrogen-bond acceptors (Lipinski definition) is 3. The number of fused-ring (bicyclic) bond motifs is 1. The average Bonchev–Trinajstić information content (AvgIpc) is 3.57. The minimum Gasteiger partial charge on any atom is -0.450 e.